The van der Waals surface area contributed by atoms with E-state index in [1.165, 1.54) is 19.1 Å². The number of halogens is 3. The lowest BCUT2D eigenvalue weighted by Gasteiger charge is -2.19. The number of hydrogen-bond donors (Lipinski definition) is 0. The molecule has 0 aromatic carbocycles. The van der Waals surface area contributed by atoms with E-state index in [0.717, 1.165) is 0 Å². The van der Waals surface area contributed by atoms with Gasteiger partial charge in [0.25, 0.3) is 0 Å². The third-order valence-electron chi connectivity index (χ3n) is 2.64. The second-order valence-corrected chi connectivity index (χ2v) is 4.06. The quantitative estimate of drug-likeness (QED) is 0.470. The summed E-state index contributed by atoms with van der Waals surface area (Å²) in [7, 11) is 2.50. The van der Waals surface area contributed by atoms with Crippen molar-refractivity contribution in [3.63, 3.8) is 0 Å². The Morgan fingerprint density at radius 3 is 2.62 bits per heavy atom. The van der Waals surface area contributed by atoms with Gasteiger partial charge in [-0.3, -0.25) is 14.9 Å². The number of pyridine rings is 1. The van der Waals surface area contributed by atoms with Crippen molar-refractivity contribution in [3.8, 4) is 0 Å². The second kappa shape index (κ2) is 6.37. The standard InChI is InChI=1S/C11H12F3N3O4/c1-16(4-3-10(18)21-2)7-5-9(11(12,13)14)15-6-8(7)17(19)20/h5-6H,3-4H2,1-2H3. The Morgan fingerprint density at radius 2 is 2.14 bits per heavy atom. The summed E-state index contributed by atoms with van der Waals surface area (Å²) in [6.45, 7) is -0.0329. The Morgan fingerprint density at radius 1 is 1.52 bits per heavy atom. The molecule has 0 saturated carbocycles. The molecule has 0 aliphatic heterocycles. The minimum Gasteiger partial charge on any atom is -0.469 e. The molecular weight excluding hydrogens is 295 g/mol. The number of ether oxygens (including phenoxy) is 1. The van der Waals surface area contributed by atoms with Crippen LogP contribution in [0, 0.1) is 10.1 Å². The van der Waals surface area contributed by atoms with Gasteiger partial charge in [0.05, 0.1) is 18.5 Å². The van der Waals surface area contributed by atoms with Gasteiger partial charge in [-0.15, -0.1) is 0 Å². The Bertz CT molecular complexity index is 548. The molecule has 0 aliphatic carbocycles. The number of aromatic nitrogens is 1. The molecule has 7 nitrogen and oxygen atoms in total. The molecule has 1 rings (SSSR count). The summed E-state index contributed by atoms with van der Waals surface area (Å²) in [6, 6.07) is 0.579. The average molecular weight is 307 g/mol. The molecule has 116 valence electrons. The van der Waals surface area contributed by atoms with Crippen molar-refractivity contribution in [1.82, 2.24) is 4.98 Å². The highest BCUT2D eigenvalue weighted by atomic mass is 19.4. The van der Waals surface area contributed by atoms with Crippen LogP contribution in [0.2, 0.25) is 0 Å². The number of nitro groups is 1. The minimum atomic E-state index is -4.72. The molecule has 21 heavy (non-hydrogen) atoms. The van der Waals surface area contributed by atoms with E-state index < -0.39 is 28.5 Å². The van der Waals surface area contributed by atoms with Crippen molar-refractivity contribution in [2.45, 2.75) is 12.6 Å². The molecule has 0 spiro atoms. The van der Waals surface area contributed by atoms with E-state index in [9.17, 15) is 28.1 Å². The number of methoxy groups -OCH3 is 1. The Labute approximate surface area is 117 Å². The van der Waals surface area contributed by atoms with Gasteiger partial charge in [0.1, 0.15) is 17.6 Å². The summed E-state index contributed by atoms with van der Waals surface area (Å²) in [5, 5.41) is 10.8. The highest BCUT2D eigenvalue weighted by Crippen LogP contribution is 2.34. The normalized spacial score (nSPS) is 11.1. The number of carbonyl (C=O) groups excluding carboxylic acids is 1. The monoisotopic (exact) mass is 307 g/mol. The molecule has 0 unspecified atom stereocenters. The van der Waals surface area contributed by atoms with Crippen LogP contribution in [0.3, 0.4) is 0 Å². The molecule has 0 aliphatic rings. The van der Waals surface area contributed by atoms with Crippen LogP contribution in [0.5, 0.6) is 0 Å². The third-order valence-corrected chi connectivity index (χ3v) is 2.64. The van der Waals surface area contributed by atoms with E-state index in [4.69, 9.17) is 0 Å². The number of hydrogen-bond acceptors (Lipinski definition) is 6. The van der Waals surface area contributed by atoms with Crippen LogP contribution >= 0.6 is 0 Å². The number of esters is 1. The first-order chi connectivity index (χ1) is 9.66. The first-order valence-corrected chi connectivity index (χ1v) is 5.66. The van der Waals surface area contributed by atoms with Gasteiger partial charge in [0.2, 0.25) is 0 Å². The van der Waals surface area contributed by atoms with Gasteiger partial charge in [-0.25, -0.2) is 4.98 Å². The molecule has 0 amide bonds. The van der Waals surface area contributed by atoms with Gasteiger partial charge >= 0.3 is 17.8 Å². The van der Waals surface area contributed by atoms with Crippen LogP contribution in [0.4, 0.5) is 24.5 Å². The topological polar surface area (TPSA) is 85.6 Å². The molecule has 0 fully saturated rings. The number of alkyl halides is 3. The number of rotatable bonds is 5. The first-order valence-electron chi connectivity index (χ1n) is 5.66. The minimum absolute atomic E-state index is 0.0329. The molecular formula is C11H12F3N3O4. The van der Waals surface area contributed by atoms with E-state index in [-0.39, 0.29) is 18.7 Å². The average Bonchev–Trinajstić information content (AvgIpc) is 2.42. The molecule has 1 aromatic rings. The van der Waals surface area contributed by atoms with Crippen LogP contribution in [0.15, 0.2) is 12.3 Å². The van der Waals surface area contributed by atoms with E-state index in [1.54, 1.807) is 0 Å². The third kappa shape index (κ3) is 4.29. The maximum absolute atomic E-state index is 12.6. The SMILES string of the molecule is COC(=O)CCN(C)c1cc(C(F)(F)F)ncc1[N+](=O)[O-]. The van der Waals surface area contributed by atoms with E-state index >= 15 is 0 Å². The second-order valence-electron chi connectivity index (χ2n) is 4.06. The largest absolute Gasteiger partial charge is 0.469 e. The van der Waals surface area contributed by atoms with Crippen LogP contribution < -0.4 is 4.90 Å². The summed E-state index contributed by atoms with van der Waals surface area (Å²) >= 11 is 0. The maximum atomic E-state index is 12.6. The van der Waals surface area contributed by atoms with Crippen molar-refractivity contribution in [1.29, 1.82) is 0 Å². The summed E-state index contributed by atoms with van der Waals surface area (Å²) < 4.78 is 42.2. The van der Waals surface area contributed by atoms with E-state index in [1.807, 2.05) is 0 Å². The highest BCUT2D eigenvalue weighted by Gasteiger charge is 2.34. The number of carbonyl (C=O) groups is 1. The summed E-state index contributed by atoms with van der Waals surface area (Å²) in [5.41, 5.74) is -2.09. The summed E-state index contributed by atoms with van der Waals surface area (Å²) in [5.74, 6) is -0.574. The van der Waals surface area contributed by atoms with Gasteiger partial charge in [0, 0.05) is 13.6 Å². The molecule has 0 bridgehead atoms. The lowest BCUT2D eigenvalue weighted by Crippen LogP contribution is -2.23. The fourth-order valence-corrected chi connectivity index (χ4v) is 1.52. The van der Waals surface area contributed by atoms with Gasteiger partial charge in [0.15, 0.2) is 0 Å². The molecule has 10 heteroatoms. The van der Waals surface area contributed by atoms with E-state index in [2.05, 4.69) is 9.72 Å². The zero-order valence-electron chi connectivity index (χ0n) is 11.2. The fourth-order valence-electron chi connectivity index (χ4n) is 1.52. The Kier molecular flexibility index (Phi) is 5.06. The molecule has 1 heterocycles. The smallest absolute Gasteiger partial charge is 0.433 e. The molecule has 0 N–H and O–H groups in total. The zero-order chi connectivity index (χ0) is 16.2. The number of nitrogens with zero attached hydrogens (tertiary/aromatic N) is 3. The van der Waals surface area contributed by atoms with Gasteiger partial charge in [-0.1, -0.05) is 0 Å². The van der Waals surface area contributed by atoms with Gasteiger partial charge in [-0.05, 0) is 6.07 Å². The van der Waals surface area contributed by atoms with Crippen molar-refractivity contribution < 1.29 is 27.6 Å². The van der Waals surface area contributed by atoms with E-state index in [0.29, 0.717) is 12.3 Å². The van der Waals surface area contributed by atoms with Crippen LogP contribution in [0.1, 0.15) is 12.1 Å². The lowest BCUT2D eigenvalue weighted by molar-refractivity contribution is -0.384. The van der Waals surface area contributed by atoms with Crippen molar-refractivity contribution in [2.75, 3.05) is 25.6 Å². The molecule has 0 atom stereocenters. The maximum Gasteiger partial charge on any atom is 0.433 e. The van der Waals surface area contributed by atoms with Crippen molar-refractivity contribution >= 4 is 17.3 Å². The molecule has 0 radical (unpaired) electrons. The van der Waals surface area contributed by atoms with Gasteiger partial charge < -0.3 is 9.64 Å². The van der Waals surface area contributed by atoms with Gasteiger partial charge in [-0.2, -0.15) is 13.2 Å². The van der Waals surface area contributed by atoms with Crippen molar-refractivity contribution in [3.05, 3.63) is 28.1 Å². The van der Waals surface area contributed by atoms with Crippen LogP contribution in [-0.2, 0) is 15.7 Å². The Balaban J connectivity index is 3.11. The highest BCUT2D eigenvalue weighted by molar-refractivity contribution is 5.70. The summed E-state index contributed by atoms with van der Waals surface area (Å²) in [6.07, 6.45) is -4.28. The number of anilines is 1. The first kappa shape index (κ1) is 16.7. The Hall–Kier alpha value is -2.39. The molecule has 0 saturated heterocycles. The van der Waals surface area contributed by atoms with Crippen LogP contribution in [-0.4, -0.2) is 36.6 Å². The van der Waals surface area contributed by atoms with Crippen molar-refractivity contribution in [2.24, 2.45) is 0 Å². The zero-order valence-corrected chi connectivity index (χ0v) is 11.2. The fraction of sp³-hybridized carbons (Fsp3) is 0.455. The summed E-state index contributed by atoms with van der Waals surface area (Å²) in [4.78, 5) is 25.2. The predicted octanol–water partition coefficient (Wildman–Crippen LogP) is 2.01. The molecule has 1 aromatic heterocycles. The predicted molar refractivity (Wildman–Crippen MR) is 65.8 cm³/mol. The van der Waals surface area contributed by atoms with Crippen LogP contribution in [0.25, 0.3) is 0 Å². The lowest BCUT2D eigenvalue weighted by atomic mass is 10.2.